The van der Waals surface area contributed by atoms with Gasteiger partial charge in [0.15, 0.2) is 0 Å². The Bertz CT molecular complexity index is 820. The number of aryl methyl sites for hydroxylation is 3. The maximum absolute atomic E-state index is 12.4. The third-order valence-electron chi connectivity index (χ3n) is 5.19. The van der Waals surface area contributed by atoms with Gasteiger partial charge in [0.1, 0.15) is 0 Å². The molecule has 7 heteroatoms. The zero-order valence-corrected chi connectivity index (χ0v) is 16.7. The van der Waals surface area contributed by atoms with Gasteiger partial charge in [-0.05, 0) is 37.1 Å². The van der Waals surface area contributed by atoms with Crippen LogP contribution in [-0.4, -0.2) is 54.1 Å². The average Bonchev–Trinajstić information content (AvgIpc) is 3.11. The fourth-order valence-electron chi connectivity index (χ4n) is 3.58. The molecule has 0 aliphatic carbocycles. The number of hydrogen-bond acceptors (Lipinski definition) is 4. The highest BCUT2D eigenvalue weighted by Crippen LogP contribution is 2.22. The summed E-state index contributed by atoms with van der Waals surface area (Å²) in [7, 11) is 1.98. The van der Waals surface area contributed by atoms with Gasteiger partial charge in [0.05, 0.1) is 19.3 Å². The molecule has 1 aromatic heterocycles. The van der Waals surface area contributed by atoms with Crippen molar-refractivity contribution in [2.24, 2.45) is 7.05 Å². The number of ether oxygens (including phenoxy) is 1. The maximum Gasteiger partial charge on any atom is 0.313 e. The van der Waals surface area contributed by atoms with Crippen molar-refractivity contribution in [3.05, 3.63) is 53.3 Å². The average molecular weight is 384 g/mol. The molecule has 2 N–H and O–H groups in total. The first-order valence-electron chi connectivity index (χ1n) is 9.56. The first-order chi connectivity index (χ1) is 13.5. The van der Waals surface area contributed by atoms with E-state index in [0.29, 0.717) is 25.4 Å². The quantitative estimate of drug-likeness (QED) is 0.771. The van der Waals surface area contributed by atoms with Crippen molar-refractivity contribution in [1.82, 2.24) is 14.8 Å². The lowest BCUT2D eigenvalue weighted by Gasteiger charge is -2.34. The van der Waals surface area contributed by atoms with E-state index < -0.39 is 11.8 Å². The molecule has 1 fully saturated rings. The van der Waals surface area contributed by atoms with E-state index in [1.165, 1.54) is 0 Å². The minimum atomic E-state index is -0.648. The van der Waals surface area contributed by atoms with Gasteiger partial charge in [0, 0.05) is 44.3 Å². The summed E-state index contributed by atoms with van der Waals surface area (Å²) in [6, 6.07) is 9.75. The Morgan fingerprint density at radius 3 is 2.36 bits per heavy atom. The van der Waals surface area contributed by atoms with Crippen molar-refractivity contribution in [2.75, 3.05) is 38.2 Å². The number of carbonyl (C=O) groups excluding carboxylic acids is 2. The number of para-hydroxylation sites is 1. The van der Waals surface area contributed by atoms with Crippen LogP contribution >= 0.6 is 0 Å². The first-order valence-corrected chi connectivity index (χ1v) is 9.56. The number of nitrogens with one attached hydrogen (secondary N) is 2. The smallest absolute Gasteiger partial charge is 0.313 e. The molecule has 2 amide bonds. The van der Waals surface area contributed by atoms with Crippen molar-refractivity contribution in [3.8, 4) is 0 Å². The van der Waals surface area contributed by atoms with Gasteiger partial charge >= 0.3 is 11.8 Å². The van der Waals surface area contributed by atoms with E-state index in [4.69, 9.17) is 4.74 Å². The molecule has 1 atom stereocenters. The number of hydrogen-bond donors (Lipinski definition) is 2. The molecule has 7 nitrogen and oxygen atoms in total. The Hall–Kier alpha value is -2.64. The second kappa shape index (κ2) is 9.03. The number of benzene rings is 1. The van der Waals surface area contributed by atoms with Crippen LogP contribution in [0.4, 0.5) is 5.69 Å². The van der Waals surface area contributed by atoms with Crippen LogP contribution in [0, 0.1) is 13.8 Å². The standard InChI is InChI=1S/C21H28N4O3/c1-15-6-4-7-16(2)19(15)23-21(27)20(26)22-14-18(17-8-5-9-24(17)3)25-10-12-28-13-11-25/h4-9,18H,10-14H2,1-3H3,(H,22,26)(H,23,27). The Morgan fingerprint density at radius 2 is 1.75 bits per heavy atom. The molecule has 2 aromatic rings. The largest absolute Gasteiger partial charge is 0.379 e. The van der Waals surface area contributed by atoms with Crippen molar-refractivity contribution >= 4 is 17.5 Å². The van der Waals surface area contributed by atoms with Gasteiger partial charge < -0.3 is 19.9 Å². The number of nitrogens with zero attached hydrogens (tertiary/aromatic N) is 2. The van der Waals surface area contributed by atoms with Gasteiger partial charge in [-0.25, -0.2) is 0 Å². The number of morpholine rings is 1. The van der Waals surface area contributed by atoms with E-state index in [1.54, 1.807) is 0 Å². The molecule has 1 aliphatic rings. The Balaban J connectivity index is 1.66. The zero-order valence-electron chi connectivity index (χ0n) is 16.7. The zero-order chi connectivity index (χ0) is 20.1. The fourth-order valence-corrected chi connectivity index (χ4v) is 3.58. The normalized spacial score (nSPS) is 15.8. The summed E-state index contributed by atoms with van der Waals surface area (Å²) in [5.74, 6) is -1.28. The molecule has 3 rings (SSSR count). The number of rotatable bonds is 5. The second-order valence-electron chi connectivity index (χ2n) is 7.14. The summed E-state index contributed by atoms with van der Waals surface area (Å²) in [4.78, 5) is 27.1. The van der Waals surface area contributed by atoms with Crippen LogP contribution in [0.3, 0.4) is 0 Å². The van der Waals surface area contributed by atoms with Gasteiger partial charge in [0.25, 0.3) is 0 Å². The van der Waals surface area contributed by atoms with Gasteiger partial charge in [-0.1, -0.05) is 18.2 Å². The Kier molecular flexibility index (Phi) is 6.49. The molecule has 0 radical (unpaired) electrons. The molecule has 0 spiro atoms. The summed E-state index contributed by atoms with van der Waals surface area (Å²) >= 11 is 0. The molecule has 0 saturated carbocycles. The van der Waals surface area contributed by atoms with Crippen LogP contribution in [0.5, 0.6) is 0 Å². The number of amides is 2. The molecule has 150 valence electrons. The molecule has 1 aliphatic heterocycles. The van der Waals surface area contributed by atoms with E-state index in [1.807, 2.05) is 62.0 Å². The lowest BCUT2D eigenvalue weighted by atomic mass is 10.1. The highest BCUT2D eigenvalue weighted by Gasteiger charge is 2.26. The van der Waals surface area contributed by atoms with E-state index in [9.17, 15) is 9.59 Å². The van der Waals surface area contributed by atoms with Gasteiger partial charge in [-0.2, -0.15) is 0 Å². The molecule has 1 unspecified atom stereocenters. The van der Waals surface area contributed by atoms with Crippen molar-refractivity contribution in [1.29, 1.82) is 0 Å². The predicted octanol–water partition coefficient (Wildman–Crippen LogP) is 1.77. The first kappa shape index (κ1) is 20.1. The molecular formula is C21H28N4O3. The summed E-state index contributed by atoms with van der Waals surface area (Å²) in [5.41, 5.74) is 3.64. The predicted molar refractivity (Wildman–Crippen MR) is 108 cm³/mol. The number of aromatic nitrogens is 1. The van der Waals surface area contributed by atoms with Crippen LogP contribution in [0.1, 0.15) is 22.9 Å². The molecule has 1 aromatic carbocycles. The number of anilines is 1. The second-order valence-corrected chi connectivity index (χ2v) is 7.14. The fraction of sp³-hybridized carbons (Fsp3) is 0.429. The van der Waals surface area contributed by atoms with E-state index in [-0.39, 0.29) is 6.04 Å². The lowest BCUT2D eigenvalue weighted by molar-refractivity contribution is -0.136. The van der Waals surface area contributed by atoms with Gasteiger partial charge in [0.2, 0.25) is 0 Å². The minimum Gasteiger partial charge on any atom is -0.379 e. The molecular weight excluding hydrogens is 356 g/mol. The molecule has 0 bridgehead atoms. The van der Waals surface area contributed by atoms with E-state index in [0.717, 1.165) is 29.9 Å². The van der Waals surface area contributed by atoms with Gasteiger partial charge in [-0.3, -0.25) is 14.5 Å². The lowest BCUT2D eigenvalue weighted by Crippen LogP contribution is -2.46. The summed E-state index contributed by atoms with van der Waals surface area (Å²) < 4.78 is 7.49. The van der Waals surface area contributed by atoms with E-state index in [2.05, 4.69) is 15.5 Å². The highest BCUT2D eigenvalue weighted by molar-refractivity contribution is 6.39. The Morgan fingerprint density at radius 1 is 1.07 bits per heavy atom. The maximum atomic E-state index is 12.4. The summed E-state index contributed by atoms with van der Waals surface area (Å²) in [6.07, 6.45) is 1.98. The highest BCUT2D eigenvalue weighted by atomic mass is 16.5. The van der Waals surface area contributed by atoms with Crippen molar-refractivity contribution in [2.45, 2.75) is 19.9 Å². The molecule has 2 heterocycles. The van der Waals surface area contributed by atoms with E-state index >= 15 is 0 Å². The van der Waals surface area contributed by atoms with Crippen LogP contribution in [-0.2, 0) is 21.4 Å². The number of carbonyl (C=O) groups is 2. The molecule has 28 heavy (non-hydrogen) atoms. The van der Waals surface area contributed by atoms with Crippen LogP contribution in [0.15, 0.2) is 36.5 Å². The summed E-state index contributed by atoms with van der Waals surface area (Å²) in [5, 5.41) is 5.55. The monoisotopic (exact) mass is 384 g/mol. The topological polar surface area (TPSA) is 75.6 Å². The van der Waals surface area contributed by atoms with Crippen molar-refractivity contribution < 1.29 is 14.3 Å². The molecule has 1 saturated heterocycles. The van der Waals surface area contributed by atoms with Crippen molar-refractivity contribution in [3.63, 3.8) is 0 Å². The van der Waals surface area contributed by atoms with Crippen LogP contribution < -0.4 is 10.6 Å². The third kappa shape index (κ3) is 4.61. The third-order valence-corrected chi connectivity index (χ3v) is 5.19. The van der Waals surface area contributed by atoms with Crippen LogP contribution in [0.25, 0.3) is 0 Å². The SMILES string of the molecule is Cc1cccc(C)c1NC(=O)C(=O)NCC(c1cccn1C)N1CCOCC1. The van der Waals surface area contributed by atoms with Gasteiger partial charge in [-0.15, -0.1) is 0 Å². The minimum absolute atomic E-state index is 0.0131. The Labute approximate surface area is 165 Å². The summed E-state index contributed by atoms with van der Waals surface area (Å²) in [6.45, 7) is 7.09. The van der Waals surface area contributed by atoms with Crippen LogP contribution in [0.2, 0.25) is 0 Å².